The van der Waals surface area contributed by atoms with Gasteiger partial charge in [0.2, 0.25) is 0 Å². The molecule has 0 amide bonds. The van der Waals surface area contributed by atoms with Crippen molar-refractivity contribution >= 4 is 17.4 Å². The first kappa shape index (κ1) is 15.4. The Hall–Kier alpha value is -1.67. The number of hydrogen-bond donors (Lipinski definition) is 0. The number of aryl methyl sites for hydroxylation is 1. The van der Waals surface area contributed by atoms with Gasteiger partial charge in [0.25, 0.3) is 0 Å². The monoisotopic (exact) mass is 275 g/mol. The van der Waals surface area contributed by atoms with Crippen molar-refractivity contribution in [3.8, 4) is 11.3 Å². The quantitative estimate of drug-likeness (QED) is 0.727. The number of aromatic nitrogens is 1. The van der Waals surface area contributed by atoms with Gasteiger partial charge in [-0.3, -0.25) is 9.78 Å². The van der Waals surface area contributed by atoms with Crippen molar-refractivity contribution in [3.63, 3.8) is 0 Å². The van der Waals surface area contributed by atoms with Crippen LogP contribution in [0.2, 0.25) is 5.02 Å². The van der Waals surface area contributed by atoms with E-state index in [1.54, 1.807) is 18.2 Å². The van der Waals surface area contributed by atoms with Crippen LogP contribution in [-0.4, -0.2) is 10.8 Å². The number of carbonyl (C=O) groups is 1. The maximum Gasteiger partial charge on any atom is 0.159 e. The smallest absolute Gasteiger partial charge is 0.159 e. The van der Waals surface area contributed by atoms with E-state index < -0.39 is 0 Å². The number of halogens is 1. The zero-order chi connectivity index (χ0) is 14.4. The van der Waals surface area contributed by atoms with Crippen LogP contribution in [0.5, 0.6) is 0 Å². The first-order valence-electron chi connectivity index (χ1n) is 6.32. The van der Waals surface area contributed by atoms with Crippen LogP contribution in [0.1, 0.15) is 36.8 Å². The molecule has 100 valence electrons. The van der Waals surface area contributed by atoms with E-state index in [1.807, 2.05) is 39.0 Å². The van der Waals surface area contributed by atoms with Gasteiger partial charge in [0, 0.05) is 16.8 Å². The molecular weight excluding hydrogens is 258 g/mol. The number of ketones is 1. The third kappa shape index (κ3) is 3.90. The summed E-state index contributed by atoms with van der Waals surface area (Å²) >= 11 is 6.14. The SMILES string of the molecule is CC.CC(=O)c1ccc(Cl)c(-c2cccc(C)n2)c1. The van der Waals surface area contributed by atoms with Gasteiger partial charge in [0.1, 0.15) is 0 Å². The highest BCUT2D eigenvalue weighted by Gasteiger charge is 2.08. The van der Waals surface area contributed by atoms with E-state index in [0.717, 1.165) is 17.0 Å². The standard InChI is InChI=1S/C14H12ClNO.C2H6/c1-9-4-3-5-14(16-9)12-8-11(10(2)17)6-7-13(12)15;1-2/h3-8H,1-2H3;1-2H3. The maximum absolute atomic E-state index is 11.3. The maximum atomic E-state index is 11.3. The third-order valence-corrected chi connectivity index (χ3v) is 2.87. The Morgan fingerprint density at radius 2 is 1.84 bits per heavy atom. The van der Waals surface area contributed by atoms with Gasteiger partial charge < -0.3 is 0 Å². The summed E-state index contributed by atoms with van der Waals surface area (Å²) in [4.78, 5) is 15.8. The molecule has 1 aromatic carbocycles. The third-order valence-electron chi connectivity index (χ3n) is 2.54. The fourth-order valence-corrected chi connectivity index (χ4v) is 1.85. The van der Waals surface area contributed by atoms with Crippen LogP contribution in [0.25, 0.3) is 11.3 Å². The summed E-state index contributed by atoms with van der Waals surface area (Å²) in [7, 11) is 0. The first-order chi connectivity index (χ1) is 9.08. The zero-order valence-electron chi connectivity index (χ0n) is 11.7. The fourth-order valence-electron chi connectivity index (χ4n) is 1.63. The average Bonchev–Trinajstić information content (AvgIpc) is 2.41. The van der Waals surface area contributed by atoms with Crippen molar-refractivity contribution in [1.82, 2.24) is 4.98 Å². The van der Waals surface area contributed by atoms with E-state index >= 15 is 0 Å². The molecule has 0 atom stereocenters. The van der Waals surface area contributed by atoms with Crippen LogP contribution in [0.3, 0.4) is 0 Å². The fraction of sp³-hybridized carbons (Fsp3) is 0.250. The van der Waals surface area contributed by atoms with Gasteiger partial charge in [-0.25, -0.2) is 0 Å². The molecule has 0 radical (unpaired) electrons. The molecular formula is C16H18ClNO. The van der Waals surface area contributed by atoms with Gasteiger partial charge in [-0.15, -0.1) is 0 Å². The lowest BCUT2D eigenvalue weighted by atomic mass is 10.0. The van der Waals surface area contributed by atoms with Crippen molar-refractivity contribution in [3.05, 3.63) is 52.7 Å². The Balaban J connectivity index is 0.000000861. The summed E-state index contributed by atoms with van der Waals surface area (Å²) in [5.74, 6) is 0.0237. The molecule has 0 saturated carbocycles. The topological polar surface area (TPSA) is 30.0 Å². The van der Waals surface area contributed by atoms with E-state index in [1.165, 1.54) is 6.92 Å². The summed E-state index contributed by atoms with van der Waals surface area (Å²) in [5, 5.41) is 0.605. The van der Waals surface area contributed by atoms with Crippen molar-refractivity contribution < 1.29 is 4.79 Å². The predicted molar refractivity (Wildman–Crippen MR) is 80.8 cm³/mol. The Kier molecular flexibility index (Phi) is 5.71. The average molecular weight is 276 g/mol. The molecule has 0 aliphatic carbocycles. The molecule has 0 saturated heterocycles. The molecule has 0 unspecified atom stereocenters. The second-order valence-electron chi connectivity index (χ2n) is 3.92. The molecule has 0 fully saturated rings. The van der Waals surface area contributed by atoms with E-state index in [4.69, 9.17) is 11.6 Å². The minimum atomic E-state index is 0.0237. The molecule has 2 rings (SSSR count). The summed E-state index contributed by atoms with van der Waals surface area (Å²) in [6, 6.07) is 11.0. The van der Waals surface area contributed by atoms with Crippen LogP contribution >= 0.6 is 11.6 Å². The number of rotatable bonds is 2. The van der Waals surface area contributed by atoms with Gasteiger partial charge in [0.05, 0.1) is 10.7 Å². The Morgan fingerprint density at radius 3 is 2.42 bits per heavy atom. The van der Waals surface area contributed by atoms with E-state index in [0.29, 0.717) is 10.6 Å². The van der Waals surface area contributed by atoms with Gasteiger partial charge in [-0.2, -0.15) is 0 Å². The number of pyridine rings is 1. The number of nitrogens with zero attached hydrogens (tertiary/aromatic N) is 1. The van der Waals surface area contributed by atoms with E-state index in [2.05, 4.69) is 4.98 Å². The van der Waals surface area contributed by atoms with Crippen LogP contribution in [-0.2, 0) is 0 Å². The molecule has 2 nitrogen and oxygen atoms in total. The molecule has 19 heavy (non-hydrogen) atoms. The lowest BCUT2D eigenvalue weighted by Crippen LogP contribution is -1.94. The molecule has 2 aromatic rings. The van der Waals surface area contributed by atoms with Gasteiger partial charge in [-0.1, -0.05) is 31.5 Å². The van der Waals surface area contributed by atoms with Crippen molar-refractivity contribution in [1.29, 1.82) is 0 Å². The van der Waals surface area contributed by atoms with Gasteiger partial charge in [0.15, 0.2) is 5.78 Å². The van der Waals surface area contributed by atoms with Gasteiger partial charge >= 0.3 is 0 Å². The number of carbonyl (C=O) groups excluding carboxylic acids is 1. The van der Waals surface area contributed by atoms with Crippen LogP contribution in [0.4, 0.5) is 0 Å². The van der Waals surface area contributed by atoms with Crippen molar-refractivity contribution in [2.24, 2.45) is 0 Å². The molecule has 0 aliphatic heterocycles. The summed E-state index contributed by atoms with van der Waals surface area (Å²) in [5.41, 5.74) is 3.15. The molecule has 3 heteroatoms. The van der Waals surface area contributed by atoms with E-state index in [9.17, 15) is 4.79 Å². The lowest BCUT2D eigenvalue weighted by Gasteiger charge is -2.06. The minimum Gasteiger partial charge on any atom is -0.295 e. The Labute approximate surface area is 119 Å². The molecule has 1 heterocycles. The summed E-state index contributed by atoms with van der Waals surface area (Å²) < 4.78 is 0. The van der Waals surface area contributed by atoms with Crippen LogP contribution in [0.15, 0.2) is 36.4 Å². The van der Waals surface area contributed by atoms with Gasteiger partial charge in [-0.05, 0) is 44.2 Å². The molecule has 0 N–H and O–H groups in total. The minimum absolute atomic E-state index is 0.0237. The van der Waals surface area contributed by atoms with Crippen LogP contribution in [0, 0.1) is 6.92 Å². The molecule has 0 spiro atoms. The zero-order valence-corrected chi connectivity index (χ0v) is 12.5. The molecule has 1 aromatic heterocycles. The molecule has 0 bridgehead atoms. The number of hydrogen-bond acceptors (Lipinski definition) is 2. The first-order valence-corrected chi connectivity index (χ1v) is 6.70. The normalized spacial score (nSPS) is 9.53. The second kappa shape index (κ2) is 7.05. The Morgan fingerprint density at radius 1 is 1.16 bits per heavy atom. The highest BCUT2D eigenvalue weighted by molar-refractivity contribution is 6.33. The highest BCUT2D eigenvalue weighted by Crippen LogP contribution is 2.27. The largest absolute Gasteiger partial charge is 0.295 e. The lowest BCUT2D eigenvalue weighted by molar-refractivity contribution is 0.101. The highest BCUT2D eigenvalue weighted by atomic mass is 35.5. The van der Waals surface area contributed by atoms with Crippen molar-refractivity contribution in [2.45, 2.75) is 27.7 Å². The van der Waals surface area contributed by atoms with E-state index in [-0.39, 0.29) is 5.78 Å². The number of Topliss-reactive ketones (excluding diaryl/α,β-unsaturated/α-hetero) is 1. The molecule has 0 aliphatic rings. The summed E-state index contributed by atoms with van der Waals surface area (Å²) in [6.07, 6.45) is 0. The number of benzene rings is 1. The van der Waals surface area contributed by atoms with Crippen LogP contribution < -0.4 is 0 Å². The summed E-state index contributed by atoms with van der Waals surface area (Å²) in [6.45, 7) is 7.46. The Bertz CT molecular complexity index is 579. The predicted octanol–water partition coefficient (Wildman–Crippen LogP) is 4.94. The second-order valence-corrected chi connectivity index (χ2v) is 4.32. The van der Waals surface area contributed by atoms with Crippen molar-refractivity contribution in [2.75, 3.05) is 0 Å².